The Kier molecular flexibility index (Phi) is 3.80. The van der Waals surface area contributed by atoms with E-state index in [9.17, 15) is 13.2 Å². The lowest BCUT2D eigenvalue weighted by atomic mass is 10.0. The van der Waals surface area contributed by atoms with Crippen LogP contribution >= 0.6 is 0 Å². The normalized spacial score (nSPS) is 16.0. The fourth-order valence-corrected chi connectivity index (χ4v) is 4.94. The van der Waals surface area contributed by atoms with Gasteiger partial charge in [0, 0.05) is 6.54 Å². The van der Waals surface area contributed by atoms with Gasteiger partial charge in [0.05, 0.1) is 22.7 Å². The Bertz CT molecular complexity index is 967. The van der Waals surface area contributed by atoms with Crippen LogP contribution in [0.5, 0.6) is 0 Å². The molecule has 0 saturated carbocycles. The lowest BCUT2D eigenvalue weighted by Crippen LogP contribution is -2.31. The van der Waals surface area contributed by atoms with Crippen LogP contribution in [0.2, 0.25) is 0 Å². The molecule has 0 aromatic heterocycles. The van der Waals surface area contributed by atoms with Crippen molar-refractivity contribution in [2.45, 2.75) is 37.5 Å². The summed E-state index contributed by atoms with van der Waals surface area (Å²) in [6.45, 7) is 2.72. The monoisotopic (exact) mass is 356 g/mol. The molecule has 4 rings (SSSR count). The fraction of sp³-hybridized carbons (Fsp3) is 0.316. The van der Waals surface area contributed by atoms with E-state index in [1.165, 1.54) is 0 Å². The molecule has 2 aliphatic rings. The van der Waals surface area contributed by atoms with Crippen LogP contribution in [-0.4, -0.2) is 20.9 Å². The van der Waals surface area contributed by atoms with Gasteiger partial charge in [-0.15, -0.1) is 0 Å². The number of rotatable bonds is 4. The number of nitrogens with zero attached hydrogens (tertiary/aromatic N) is 1. The van der Waals surface area contributed by atoms with Crippen molar-refractivity contribution in [1.82, 2.24) is 0 Å². The molecule has 2 aliphatic heterocycles. The average Bonchev–Trinajstić information content (AvgIpc) is 2.93. The molecule has 0 spiro atoms. The fourth-order valence-electron chi connectivity index (χ4n) is 3.73. The first-order valence-electron chi connectivity index (χ1n) is 8.56. The van der Waals surface area contributed by atoms with Crippen LogP contribution in [0.1, 0.15) is 30.0 Å². The molecule has 0 bridgehead atoms. The number of aryl methyl sites for hydroxylation is 2. The smallest absolute Gasteiger partial charge is 0.261 e. The molecule has 0 atom stereocenters. The first-order chi connectivity index (χ1) is 12.0. The van der Waals surface area contributed by atoms with Crippen LogP contribution in [0.25, 0.3) is 0 Å². The number of sulfonamides is 1. The highest BCUT2D eigenvalue weighted by molar-refractivity contribution is 7.92. The van der Waals surface area contributed by atoms with E-state index >= 15 is 0 Å². The maximum absolute atomic E-state index is 12.9. The highest BCUT2D eigenvalue weighted by Gasteiger charge is 2.33. The van der Waals surface area contributed by atoms with E-state index in [4.69, 9.17) is 0 Å². The lowest BCUT2D eigenvalue weighted by Gasteiger charge is -2.26. The minimum atomic E-state index is -3.69. The molecule has 0 saturated heterocycles. The Hall–Kier alpha value is -2.34. The number of carbonyl (C=O) groups excluding carboxylic acids is 1. The third-order valence-electron chi connectivity index (χ3n) is 4.93. The second-order valence-corrected chi connectivity index (χ2v) is 8.21. The van der Waals surface area contributed by atoms with Gasteiger partial charge in [-0.05, 0) is 54.2 Å². The van der Waals surface area contributed by atoms with Gasteiger partial charge in [-0.2, -0.15) is 0 Å². The van der Waals surface area contributed by atoms with Crippen LogP contribution in [-0.2, 0) is 34.1 Å². The molecule has 0 aliphatic carbocycles. The topological polar surface area (TPSA) is 66.5 Å². The van der Waals surface area contributed by atoms with Crippen LogP contribution < -0.4 is 9.62 Å². The molecule has 25 heavy (non-hydrogen) atoms. The molecular formula is C19H20N2O3S. The SMILES string of the molecule is CCc1ccccc1NS(=O)(=O)c1cc2c3c(c1)CC(=O)N3CCC2. The Morgan fingerprint density at radius 1 is 1.16 bits per heavy atom. The second-order valence-electron chi connectivity index (χ2n) is 6.53. The summed E-state index contributed by atoms with van der Waals surface area (Å²) in [6, 6.07) is 10.8. The molecule has 6 heteroatoms. The summed E-state index contributed by atoms with van der Waals surface area (Å²) in [6.07, 6.45) is 2.71. The number of hydrogen-bond acceptors (Lipinski definition) is 3. The van der Waals surface area contributed by atoms with E-state index in [2.05, 4.69) is 4.72 Å². The quantitative estimate of drug-likeness (QED) is 0.916. The molecule has 2 heterocycles. The molecule has 0 radical (unpaired) electrons. The highest BCUT2D eigenvalue weighted by atomic mass is 32.2. The van der Waals surface area contributed by atoms with Gasteiger partial charge in [-0.3, -0.25) is 9.52 Å². The zero-order valence-electron chi connectivity index (χ0n) is 14.1. The number of amides is 1. The van der Waals surface area contributed by atoms with Gasteiger partial charge in [-0.25, -0.2) is 8.42 Å². The zero-order valence-corrected chi connectivity index (χ0v) is 14.9. The summed E-state index contributed by atoms with van der Waals surface area (Å²) in [7, 11) is -3.69. The van der Waals surface area contributed by atoms with Gasteiger partial charge in [0.15, 0.2) is 0 Å². The van der Waals surface area contributed by atoms with Crippen molar-refractivity contribution in [3.63, 3.8) is 0 Å². The van der Waals surface area contributed by atoms with Crippen molar-refractivity contribution < 1.29 is 13.2 Å². The van der Waals surface area contributed by atoms with Crippen molar-refractivity contribution in [3.05, 3.63) is 53.1 Å². The first kappa shape index (κ1) is 16.1. The standard InChI is InChI=1S/C19H20N2O3S/c1-2-13-6-3-4-8-17(13)20-25(23,24)16-10-14-7-5-9-21-18(22)12-15(11-16)19(14)21/h3-4,6,8,10-11,20H,2,5,7,9,12H2,1H3. The minimum absolute atomic E-state index is 0.0646. The molecule has 2 aromatic carbocycles. The predicted molar refractivity (Wildman–Crippen MR) is 97.4 cm³/mol. The second kappa shape index (κ2) is 5.88. The highest BCUT2D eigenvalue weighted by Crippen LogP contribution is 2.38. The van der Waals surface area contributed by atoms with E-state index in [1.807, 2.05) is 25.1 Å². The van der Waals surface area contributed by atoms with Crippen molar-refractivity contribution in [2.75, 3.05) is 16.2 Å². The van der Waals surface area contributed by atoms with Gasteiger partial charge in [0.25, 0.3) is 10.0 Å². The van der Waals surface area contributed by atoms with Gasteiger partial charge >= 0.3 is 0 Å². The Morgan fingerprint density at radius 3 is 2.72 bits per heavy atom. The lowest BCUT2D eigenvalue weighted by molar-refractivity contribution is -0.117. The van der Waals surface area contributed by atoms with Crippen molar-refractivity contribution in [2.24, 2.45) is 0 Å². The van der Waals surface area contributed by atoms with Gasteiger partial charge in [-0.1, -0.05) is 25.1 Å². The molecule has 5 nitrogen and oxygen atoms in total. The van der Waals surface area contributed by atoms with Gasteiger partial charge in [0.1, 0.15) is 0 Å². The summed E-state index contributed by atoms with van der Waals surface area (Å²) in [5.74, 6) is 0.0646. The number of nitrogens with one attached hydrogen (secondary N) is 1. The van der Waals surface area contributed by atoms with Crippen LogP contribution in [0.4, 0.5) is 11.4 Å². The van der Waals surface area contributed by atoms with Crippen LogP contribution in [0.15, 0.2) is 41.3 Å². The zero-order chi connectivity index (χ0) is 17.6. The number of hydrogen-bond donors (Lipinski definition) is 1. The molecule has 1 amide bonds. The predicted octanol–water partition coefficient (Wildman–Crippen LogP) is 2.89. The van der Waals surface area contributed by atoms with E-state index in [0.29, 0.717) is 5.69 Å². The molecule has 1 N–H and O–H groups in total. The third kappa shape index (κ3) is 2.70. The summed E-state index contributed by atoms with van der Waals surface area (Å²) < 4.78 is 28.5. The summed E-state index contributed by atoms with van der Waals surface area (Å²) in [5, 5.41) is 0. The summed E-state index contributed by atoms with van der Waals surface area (Å²) in [4.78, 5) is 14.2. The summed E-state index contributed by atoms with van der Waals surface area (Å²) >= 11 is 0. The molecule has 130 valence electrons. The van der Waals surface area contributed by atoms with Crippen molar-refractivity contribution >= 4 is 27.3 Å². The van der Waals surface area contributed by atoms with Crippen LogP contribution in [0.3, 0.4) is 0 Å². The molecule has 0 fully saturated rings. The average molecular weight is 356 g/mol. The molecule has 0 unspecified atom stereocenters. The number of para-hydroxylation sites is 1. The van der Waals surface area contributed by atoms with Crippen LogP contribution in [0, 0.1) is 0 Å². The van der Waals surface area contributed by atoms with Gasteiger partial charge < -0.3 is 4.90 Å². The Balaban J connectivity index is 1.75. The molecular weight excluding hydrogens is 336 g/mol. The van der Waals surface area contributed by atoms with E-state index in [1.54, 1.807) is 23.1 Å². The van der Waals surface area contributed by atoms with E-state index in [0.717, 1.165) is 48.2 Å². The van der Waals surface area contributed by atoms with E-state index in [-0.39, 0.29) is 17.2 Å². The van der Waals surface area contributed by atoms with Crippen molar-refractivity contribution in [3.8, 4) is 0 Å². The number of anilines is 2. The Morgan fingerprint density at radius 2 is 1.92 bits per heavy atom. The number of benzene rings is 2. The van der Waals surface area contributed by atoms with E-state index < -0.39 is 10.0 Å². The van der Waals surface area contributed by atoms with Crippen molar-refractivity contribution in [1.29, 1.82) is 0 Å². The Labute approximate surface area is 147 Å². The minimum Gasteiger partial charge on any atom is -0.312 e. The summed E-state index contributed by atoms with van der Waals surface area (Å²) in [5.41, 5.74) is 4.28. The third-order valence-corrected chi connectivity index (χ3v) is 6.28. The first-order valence-corrected chi connectivity index (χ1v) is 10.0. The van der Waals surface area contributed by atoms with Gasteiger partial charge in [0.2, 0.25) is 5.91 Å². The number of carbonyl (C=O) groups is 1. The maximum Gasteiger partial charge on any atom is 0.261 e. The maximum atomic E-state index is 12.9. The molecule has 2 aromatic rings. The largest absolute Gasteiger partial charge is 0.312 e.